The molecule has 106 valence electrons. The lowest BCUT2D eigenvalue weighted by Gasteiger charge is -2.02. The Kier molecular flexibility index (Phi) is 3.35. The number of hydrogen-bond donors (Lipinski definition) is 1. The first-order valence-electron chi connectivity index (χ1n) is 6.21. The fourth-order valence-electron chi connectivity index (χ4n) is 2.04. The van der Waals surface area contributed by atoms with Crippen molar-refractivity contribution in [2.75, 3.05) is 5.73 Å². The third-order valence-corrected chi connectivity index (χ3v) is 3.44. The predicted molar refractivity (Wildman–Crippen MR) is 79.3 cm³/mol. The molecular formula is C15H11ClFN3O. The van der Waals surface area contributed by atoms with E-state index in [2.05, 4.69) is 10.1 Å². The highest BCUT2D eigenvalue weighted by Gasteiger charge is 2.17. The second-order valence-electron chi connectivity index (χ2n) is 4.59. The van der Waals surface area contributed by atoms with Gasteiger partial charge in [0.2, 0.25) is 5.82 Å². The van der Waals surface area contributed by atoms with Crippen molar-refractivity contribution in [3.8, 4) is 22.8 Å². The molecule has 0 saturated heterocycles. The number of halogens is 2. The molecule has 0 fully saturated rings. The minimum Gasteiger partial charge on any atom is -0.398 e. The van der Waals surface area contributed by atoms with Crippen LogP contribution in [0.25, 0.3) is 22.8 Å². The van der Waals surface area contributed by atoms with Crippen LogP contribution in [0.15, 0.2) is 40.9 Å². The van der Waals surface area contributed by atoms with Gasteiger partial charge in [-0.3, -0.25) is 0 Å². The topological polar surface area (TPSA) is 64.9 Å². The molecular weight excluding hydrogens is 293 g/mol. The Morgan fingerprint density at radius 2 is 2.05 bits per heavy atom. The summed E-state index contributed by atoms with van der Waals surface area (Å²) in [5.41, 5.74) is 8.21. The van der Waals surface area contributed by atoms with E-state index in [1.54, 1.807) is 24.3 Å². The van der Waals surface area contributed by atoms with Crippen LogP contribution in [0.5, 0.6) is 0 Å². The van der Waals surface area contributed by atoms with Gasteiger partial charge in [-0.05, 0) is 36.8 Å². The minimum atomic E-state index is -0.362. The molecule has 0 spiro atoms. The maximum absolute atomic E-state index is 13.4. The van der Waals surface area contributed by atoms with Crippen LogP contribution in [0.2, 0.25) is 5.02 Å². The van der Waals surface area contributed by atoms with E-state index in [1.165, 1.54) is 12.1 Å². The highest BCUT2D eigenvalue weighted by atomic mass is 35.5. The van der Waals surface area contributed by atoms with E-state index in [1.807, 2.05) is 6.92 Å². The van der Waals surface area contributed by atoms with Gasteiger partial charge in [0.05, 0.1) is 10.6 Å². The predicted octanol–water partition coefficient (Wildman–Crippen LogP) is 4.09. The first kappa shape index (κ1) is 13.6. The summed E-state index contributed by atoms with van der Waals surface area (Å²) < 4.78 is 18.6. The Morgan fingerprint density at radius 3 is 2.81 bits per heavy atom. The molecule has 3 aromatic rings. The number of benzene rings is 2. The summed E-state index contributed by atoms with van der Waals surface area (Å²) >= 11 is 6.11. The number of rotatable bonds is 2. The van der Waals surface area contributed by atoms with Crippen LogP contribution in [-0.2, 0) is 0 Å². The van der Waals surface area contributed by atoms with Crippen LogP contribution in [-0.4, -0.2) is 10.1 Å². The van der Waals surface area contributed by atoms with Crippen LogP contribution in [0, 0.1) is 12.7 Å². The van der Waals surface area contributed by atoms with Crippen LogP contribution in [0.3, 0.4) is 0 Å². The Hall–Kier alpha value is -2.40. The number of nitrogen functional groups attached to an aromatic ring is 1. The van der Waals surface area contributed by atoms with Gasteiger partial charge in [0, 0.05) is 11.3 Å². The summed E-state index contributed by atoms with van der Waals surface area (Å²) in [5.74, 6) is 0.136. The summed E-state index contributed by atoms with van der Waals surface area (Å²) in [7, 11) is 0. The quantitative estimate of drug-likeness (QED) is 0.724. The molecule has 4 nitrogen and oxygen atoms in total. The zero-order chi connectivity index (χ0) is 15.0. The van der Waals surface area contributed by atoms with Gasteiger partial charge in [0.15, 0.2) is 0 Å². The molecule has 0 aliphatic rings. The zero-order valence-corrected chi connectivity index (χ0v) is 11.9. The summed E-state index contributed by atoms with van der Waals surface area (Å²) in [4.78, 5) is 4.27. The normalized spacial score (nSPS) is 10.8. The van der Waals surface area contributed by atoms with Crippen LogP contribution < -0.4 is 5.73 Å². The molecule has 2 aromatic carbocycles. The molecule has 0 saturated carbocycles. The van der Waals surface area contributed by atoms with Crippen molar-refractivity contribution in [2.45, 2.75) is 6.92 Å². The average molecular weight is 304 g/mol. The molecule has 0 aliphatic heterocycles. The number of nitrogens with zero attached hydrogens (tertiary/aromatic N) is 2. The average Bonchev–Trinajstić information content (AvgIpc) is 2.90. The Balaban J connectivity index is 2.10. The fourth-order valence-corrected chi connectivity index (χ4v) is 2.30. The van der Waals surface area contributed by atoms with Gasteiger partial charge in [-0.25, -0.2) is 4.39 Å². The van der Waals surface area contributed by atoms with E-state index in [0.717, 1.165) is 5.56 Å². The molecule has 0 atom stereocenters. The number of anilines is 1. The summed E-state index contributed by atoms with van der Waals surface area (Å²) in [6.45, 7) is 1.84. The van der Waals surface area contributed by atoms with Crippen LogP contribution in [0.1, 0.15) is 5.56 Å². The van der Waals surface area contributed by atoms with Crippen molar-refractivity contribution in [2.24, 2.45) is 0 Å². The molecule has 0 aliphatic carbocycles. The van der Waals surface area contributed by atoms with Crippen molar-refractivity contribution in [1.82, 2.24) is 10.1 Å². The van der Waals surface area contributed by atoms with Gasteiger partial charge < -0.3 is 10.3 Å². The molecule has 21 heavy (non-hydrogen) atoms. The van der Waals surface area contributed by atoms with E-state index >= 15 is 0 Å². The van der Waals surface area contributed by atoms with E-state index in [0.29, 0.717) is 27.7 Å². The molecule has 0 unspecified atom stereocenters. The summed E-state index contributed by atoms with van der Waals surface area (Å²) in [5, 5.41) is 4.30. The molecule has 2 N–H and O–H groups in total. The van der Waals surface area contributed by atoms with Gasteiger partial charge in [-0.2, -0.15) is 4.98 Å². The molecule has 6 heteroatoms. The van der Waals surface area contributed by atoms with E-state index in [4.69, 9.17) is 21.9 Å². The van der Waals surface area contributed by atoms with Gasteiger partial charge in [0.1, 0.15) is 5.82 Å². The maximum Gasteiger partial charge on any atom is 0.261 e. The SMILES string of the molecule is Cc1ccc(F)cc1-c1noc(-c2c(N)cccc2Cl)n1. The van der Waals surface area contributed by atoms with Gasteiger partial charge in [-0.1, -0.05) is 28.9 Å². The number of nitrogens with two attached hydrogens (primary N) is 1. The minimum absolute atomic E-state index is 0.205. The standard InChI is InChI=1S/C15H11ClFN3O/c1-8-5-6-9(17)7-10(8)14-19-15(21-20-14)13-11(16)3-2-4-12(13)18/h2-7H,18H2,1H3. The molecule has 0 radical (unpaired) electrons. The van der Waals surface area contributed by atoms with Crippen molar-refractivity contribution in [3.05, 3.63) is 52.8 Å². The van der Waals surface area contributed by atoms with E-state index in [9.17, 15) is 4.39 Å². The first-order valence-corrected chi connectivity index (χ1v) is 6.58. The first-order chi connectivity index (χ1) is 10.1. The fraction of sp³-hybridized carbons (Fsp3) is 0.0667. The number of hydrogen-bond acceptors (Lipinski definition) is 4. The molecule has 3 rings (SSSR count). The lowest BCUT2D eigenvalue weighted by molar-refractivity contribution is 0.432. The lowest BCUT2D eigenvalue weighted by atomic mass is 10.1. The number of aromatic nitrogens is 2. The Labute approximate surface area is 125 Å². The van der Waals surface area contributed by atoms with Crippen LogP contribution in [0.4, 0.5) is 10.1 Å². The van der Waals surface area contributed by atoms with E-state index in [-0.39, 0.29) is 11.7 Å². The molecule has 0 bridgehead atoms. The lowest BCUT2D eigenvalue weighted by Crippen LogP contribution is -1.91. The Bertz CT molecular complexity index is 796. The highest BCUT2D eigenvalue weighted by Crippen LogP contribution is 2.33. The smallest absolute Gasteiger partial charge is 0.261 e. The molecule has 1 heterocycles. The monoisotopic (exact) mass is 303 g/mol. The van der Waals surface area contributed by atoms with Crippen molar-refractivity contribution in [3.63, 3.8) is 0 Å². The van der Waals surface area contributed by atoms with Gasteiger partial charge in [0.25, 0.3) is 5.89 Å². The van der Waals surface area contributed by atoms with Crippen molar-refractivity contribution < 1.29 is 8.91 Å². The third kappa shape index (κ3) is 2.48. The van der Waals surface area contributed by atoms with E-state index < -0.39 is 0 Å². The van der Waals surface area contributed by atoms with Gasteiger partial charge >= 0.3 is 0 Å². The number of aryl methyl sites for hydroxylation is 1. The van der Waals surface area contributed by atoms with Crippen LogP contribution >= 0.6 is 11.6 Å². The largest absolute Gasteiger partial charge is 0.398 e. The molecule has 0 amide bonds. The second kappa shape index (κ2) is 5.18. The summed E-state index contributed by atoms with van der Waals surface area (Å²) in [6, 6.07) is 9.51. The zero-order valence-electron chi connectivity index (χ0n) is 11.1. The second-order valence-corrected chi connectivity index (χ2v) is 4.99. The maximum atomic E-state index is 13.4. The van der Waals surface area contributed by atoms with Crippen molar-refractivity contribution >= 4 is 17.3 Å². The Morgan fingerprint density at radius 1 is 1.24 bits per heavy atom. The van der Waals surface area contributed by atoms with Crippen molar-refractivity contribution in [1.29, 1.82) is 0 Å². The highest BCUT2D eigenvalue weighted by molar-refractivity contribution is 6.33. The van der Waals surface area contributed by atoms with Gasteiger partial charge in [-0.15, -0.1) is 0 Å². The summed E-state index contributed by atoms with van der Waals surface area (Å²) in [6.07, 6.45) is 0. The molecule has 1 aromatic heterocycles. The third-order valence-electron chi connectivity index (χ3n) is 3.13.